The Morgan fingerprint density at radius 1 is 1.12 bits per heavy atom. The van der Waals surface area contributed by atoms with Gasteiger partial charge in [0.25, 0.3) is 0 Å². The van der Waals surface area contributed by atoms with Crippen LogP contribution in [0.25, 0.3) is 6.08 Å². The first-order valence-electron chi connectivity index (χ1n) is 11.2. The van der Waals surface area contributed by atoms with Crippen molar-refractivity contribution in [1.82, 2.24) is 9.21 Å². The lowest BCUT2D eigenvalue weighted by molar-refractivity contribution is -0.125. The molecular formula is C25H30N2O5S. The van der Waals surface area contributed by atoms with Crippen LogP contribution in [0.4, 0.5) is 0 Å². The monoisotopic (exact) mass is 470 g/mol. The largest absolute Gasteiger partial charge is 0.496 e. The molecule has 7 nitrogen and oxygen atoms in total. The van der Waals surface area contributed by atoms with E-state index in [2.05, 4.69) is 0 Å². The minimum Gasteiger partial charge on any atom is -0.496 e. The normalized spacial score (nSPS) is 19.2. The number of sulfonamides is 1. The lowest BCUT2D eigenvalue weighted by Gasteiger charge is -2.21. The summed E-state index contributed by atoms with van der Waals surface area (Å²) in [5.74, 6) is 1.37. The van der Waals surface area contributed by atoms with Crippen LogP contribution < -0.4 is 9.47 Å². The van der Waals surface area contributed by atoms with Crippen LogP contribution in [0.3, 0.4) is 0 Å². The third kappa shape index (κ3) is 5.07. The van der Waals surface area contributed by atoms with Crippen molar-refractivity contribution in [1.29, 1.82) is 0 Å². The summed E-state index contributed by atoms with van der Waals surface area (Å²) in [5, 5.41) is 0. The van der Waals surface area contributed by atoms with Gasteiger partial charge in [0.1, 0.15) is 17.6 Å². The standard InChI is InChI=1S/C25H30N2O5S/c1-18-5-8-22(9-6-18)33(29,30)27-12-4-11-26(13-14-27)25(28)10-7-20-16-24-21(15-19(2)32-24)17-23(20)31-3/h5-10,16-17,19H,4,11-15H2,1-3H3/b10-7+/t19-/m0/s1. The summed E-state index contributed by atoms with van der Waals surface area (Å²) in [6, 6.07) is 10.7. The van der Waals surface area contributed by atoms with Gasteiger partial charge in [-0.3, -0.25) is 4.79 Å². The van der Waals surface area contributed by atoms with Gasteiger partial charge in [0.2, 0.25) is 15.9 Å². The van der Waals surface area contributed by atoms with E-state index in [4.69, 9.17) is 9.47 Å². The van der Waals surface area contributed by atoms with E-state index in [-0.39, 0.29) is 23.5 Å². The van der Waals surface area contributed by atoms with E-state index >= 15 is 0 Å². The summed E-state index contributed by atoms with van der Waals surface area (Å²) in [6.07, 6.45) is 4.80. The zero-order chi connectivity index (χ0) is 23.6. The molecule has 0 bridgehead atoms. The minimum atomic E-state index is -3.58. The molecule has 2 heterocycles. The average molecular weight is 471 g/mol. The Morgan fingerprint density at radius 3 is 2.61 bits per heavy atom. The maximum absolute atomic E-state index is 13.0. The topological polar surface area (TPSA) is 76.2 Å². The highest BCUT2D eigenvalue weighted by molar-refractivity contribution is 7.89. The molecule has 0 N–H and O–H groups in total. The van der Waals surface area contributed by atoms with Gasteiger partial charge >= 0.3 is 0 Å². The van der Waals surface area contributed by atoms with Crippen LogP contribution in [-0.2, 0) is 21.2 Å². The number of carbonyl (C=O) groups excluding carboxylic acids is 1. The number of hydrogen-bond donors (Lipinski definition) is 0. The van der Waals surface area contributed by atoms with Gasteiger partial charge in [-0.15, -0.1) is 0 Å². The number of amides is 1. The highest BCUT2D eigenvalue weighted by atomic mass is 32.2. The molecule has 2 aromatic rings. The van der Waals surface area contributed by atoms with E-state index in [0.717, 1.165) is 28.9 Å². The van der Waals surface area contributed by atoms with E-state index in [0.29, 0.717) is 31.8 Å². The second kappa shape index (κ2) is 9.57. The van der Waals surface area contributed by atoms with Crippen molar-refractivity contribution in [3.05, 3.63) is 59.2 Å². The van der Waals surface area contributed by atoms with Crippen molar-refractivity contribution in [2.75, 3.05) is 33.3 Å². The van der Waals surface area contributed by atoms with Crippen molar-refractivity contribution in [3.63, 3.8) is 0 Å². The van der Waals surface area contributed by atoms with Gasteiger partial charge in [-0.05, 0) is 50.6 Å². The third-order valence-electron chi connectivity index (χ3n) is 6.08. The van der Waals surface area contributed by atoms with Crippen LogP contribution in [0.2, 0.25) is 0 Å². The van der Waals surface area contributed by atoms with Gasteiger partial charge in [0.15, 0.2) is 0 Å². The summed E-state index contributed by atoms with van der Waals surface area (Å²) in [4.78, 5) is 14.9. The molecule has 1 atom stereocenters. The van der Waals surface area contributed by atoms with Crippen LogP contribution in [-0.4, -0.2) is 62.9 Å². The Hall–Kier alpha value is -2.84. The van der Waals surface area contributed by atoms with Crippen molar-refractivity contribution >= 4 is 22.0 Å². The van der Waals surface area contributed by atoms with E-state index in [1.165, 1.54) is 10.4 Å². The van der Waals surface area contributed by atoms with E-state index in [1.807, 2.05) is 26.0 Å². The van der Waals surface area contributed by atoms with Crippen molar-refractivity contribution in [2.24, 2.45) is 0 Å². The third-order valence-corrected chi connectivity index (χ3v) is 7.99. The van der Waals surface area contributed by atoms with Gasteiger partial charge in [0.05, 0.1) is 12.0 Å². The number of fused-ring (bicyclic) bond motifs is 1. The predicted molar refractivity (Wildman–Crippen MR) is 127 cm³/mol. The number of methoxy groups -OCH3 is 1. The molecule has 0 spiro atoms. The fourth-order valence-electron chi connectivity index (χ4n) is 4.24. The molecule has 33 heavy (non-hydrogen) atoms. The fraction of sp³-hybridized carbons (Fsp3) is 0.400. The first kappa shape index (κ1) is 23.3. The molecule has 2 aliphatic rings. The molecule has 176 valence electrons. The SMILES string of the molecule is COc1cc2c(cc1/C=C/C(=O)N1CCCN(S(=O)(=O)c3ccc(C)cc3)CC1)O[C@@H](C)C2. The maximum atomic E-state index is 13.0. The lowest BCUT2D eigenvalue weighted by Crippen LogP contribution is -2.36. The number of carbonyl (C=O) groups is 1. The zero-order valence-electron chi connectivity index (χ0n) is 19.3. The molecule has 1 amide bonds. The summed E-state index contributed by atoms with van der Waals surface area (Å²) < 4.78 is 38.8. The molecule has 0 unspecified atom stereocenters. The molecule has 0 aliphatic carbocycles. The molecule has 0 radical (unpaired) electrons. The molecule has 2 aliphatic heterocycles. The molecule has 0 aromatic heterocycles. The highest BCUT2D eigenvalue weighted by Crippen LogP contribution is 2.35. The summed E-state index contributed by atoms with van der Waals surface area (Å²) in [7, 11) is -1.97. The molecular weight excluding hydrogens is 440 g/mol. The molecule has 8 heteroatoms. The van der Waals surface area contributed by atoms with Gasteiger partial charge in [0, 0.05) is 49.8 Å². The molecule has 2 aromatic carbocycles. The summed E-state index contributed by atoms with van der Waals surface area (Å²) in [6.45, 7) is 5.45. The van der Waals surface area contributed by atoms with Crippen molar-refractivity contribution < 1.29 is 22.7 Å². The number of aryl methyl sites for hydroxylation is 1. The number of nitrogens with zero attached hydrogens (tertiary/aromatic N) is 2. The van der Waals surface area contributed by atoms with E-state index < -0.39 is 10.0 Å². The first-order valence-corrected chi connectivity index (χ1v) is 12.6. The molecule has 4 rings (SSSR count). The zero-order valence-corrected chi connectivity index (χ0v) is 20.1. The van der Waals surface area contributed by atoms with Crippen LogP contribution >= 0.6 is 0 Å². The smallest absolute Gasteiger partial charge is 0.246 e. The van der Waals surface area contributed by atoms with Gasteiger partial charge in [-0.25, -0.2) is 8.42 Å². The highest BCUT2D eigenvalue weighted by Gasteiger charge is 2.28. The van der Waals surface area contributed by atoms with Crippen LogP contribution in [0.15, 0.2) is 47.4 Å². The van der Waals surface area contributed by atoms with Gasteiger partial charge < -0.3 is 14.4 Å². The number of benzene rings is 2. The Labute approximate surface area is 195 Å². The predicted octanol–water partition coefficient (Wildman–Crippen LogP) is 3.26. The van der Waals surface area contributed by atoms with E-state index in [9.17, 15) is 13.2 Å². The Morgan fingerprint density at radius 2 is 1.88 bits per heavy atom. The fourth-order valence-corrected chi connectivity index (χ4v) is 5.71. The average Bonchev–Trinajstić information content (AvgIpc) is 2.98. The molecule has 0 saturated carbocycles. The number of ether oxygens (including phenoxy) is 2. The molecule has 1 fully saturated rings. The first-order chi connectivity index (χ1) is 15.8. The van der Waals surface area contributed by atoms with Crippen LogP contribution in [0.1, 0.15) is 30.0 Å². The number of rotatable bonds is 5. The van der Waals surface area contributed by atoms with Crippen molar-refractivity contribution in [3.8, 4) is 11.5 Å². The number of hydrogen-bond acceptors (Lipinski definition) is 5. The van der Waals surface area contributed by atoms with Gasteiger partial charge in [-0.2, -0.15) is 4.31 Å². The molecule has 1 saturated heterocycles. The minimum absolute atomic E-state index is 0.127. The Balaban J connectivity index is 1.44. The second-order valence-electron chi connectivity index (χ2n) is 8.56. The van der Waals surface area contributed by atoms with E-state index in [1.54, 1.807) is 42.4 Å². The van der Waals surface area contributed by atoms with Crippen LogP contribution in [0.5, 0.6) is 11.5 Å². The maximum Gasteiger partial charge on any atom is 0.246 e. The quantitative estimate of drug-likeness (QED) is 0.627. The summed E-state index contributed by atoms with van der Waals surface area (Å²) in [5.41, 5.74) is 2.89. The Kier molecular flexibility index (Phi) is 6.76. The summed E-state index contributed by atoms with van der Waals surface area (Å²) >= 11 is 0. The Bertz CT molecular complexity index is 1160. The van der Waals surface area contributed by atoms with Crippen molar-refractivity contribution in [2.45, 2.75) is 37.7 Å². The second-order valence-corrected chi connectivity index (χ2v) is 10.5. The van der Waals surface area contributed by atoms with Gasteiger partial charge in [-0.1, -0.05) is 17.7 Å². The van der Waals surface area contributed by atoms with Crippen LogP contribution in [0, 0.1) is 6.92 Å². The lowest BCUT2D eigenvalue weighted by atomic mass is 10.1.